The number of benzene rings is 3. The third-order valence-electron chi connectivity index (χ3n) is 4.85. The van der Waals surface area contributed by atoms with Crippen LogP contribution >= 0.6 is 0 Å². The van der Waals surface area contributed by atoms with Crippen molar-refractivity contribution in [2.45, 2.75) is 13.2 Å². The Bertz CT molecular complexity index is 1070. The average Bonchev–Trinajstić information content (AvgIpc) is 2.90. The molecule has 0 spiro atoms. The van der Waals surface area contributed by atoms with Crippen molar-refractivity contribution < 1.29 is 38.1 Å². The predicted molar refractivity (Wildman–Crippen MR) is 120 cm³/mol. The lowest BCUT2D eigenvalue weighted by Gasteiger charge is -2.08. The van der Waals surface area contributed by atoms with Gasteiger partial charge >= 0.3 is 23.9 Å². The fourth-order valence-electron chi connectivity index (χ4n) is 2.92. The van der Waals surface area contributed by atoms with Crippen LogP contribution in [0, 0.1) is 0 Å². The Kier molecular flexibility index (Phi) is 8.12. The summed E-state index contributed by atoms with van der Waals surface area (Å²) in [4.78, 5) is 47.5. The van der Waals surface area contributed by atoms with E-state index in [1.807, 2.05) is 0 Å². The van der Waals surface area contributed by atoms with Crippen LogP contribution < -0.4 is 0 Å². The van der Waals surface area contributed by atoms with Gasteiger partial charge in [-0.25, -0.2) is 19.2 Å². The highest BCUT2D eigenvalue weighted by Crippen LogP contribution is 2.13. The summed E-state index contributed by atoms with van der Waals surface area (Å²) >= 11 is 0. The first-order valence-corrected chi connectivity index (χ1v) is 10.2. The zero-order valence-electron chi connectivity index (χ0n) is 18.6. The van der Waals surface area contributed by atoms with Crippen LogP contribution in [-0.4, -0.2) is 38.1 Å². The minimum atomic E-state index is -0.553. The summed E-state index contributed by atoms with van der Waals surface area (Å²) < 4.78 is 19.8. The van der Waals surface area contributed by atoms with Crippen LogP contribution in [0.2, 0.25) is 0 Å². The van der Waals surface area contributed by atoms with E-state index in [2.05, 4.69) is 9.47 Å². The molecule has 3 aromatic carbocycles. The molecule has 0 N–H and O–H groups in total. The zero-order chi connectivity index (χ0) is 24.5. The molecular weight excluding hydrogens is 440 g/mol. The normalized spacial score (nSPS) is 10.2. The molecule has 0 aliphatic carbocycles. The van der Waals surface area contributed by atoms with Gasteiger partial charge in [-0.05, 0) is 59.7 Å². The molecule has 3 aromatic rings. The van der Waals surface area contributed by atoms with E-state index < -0.39 is 23.9 Å². The van der Waals surface area contributed by atoms with Crippen LogP contribution in [0.15, 0.2) is 72.8 Å². The molecule has 0 radical (unpaired) electrons. The highest BCUT2D eigenvalue weighted by Gasteiger charge is 2.12. The van der Waals surface area contributed by atoms with Gasteiger partial charge in [-0.15, -0.1) is 0 Å². The van der Waals surface area contributed by atoms with E-state index in [0.717, 1.165) is 0 Å². The number of methoxy groups -OCH3 is 2. The Morgan fingerprint density at radius 2 is 0.735 bits per heavy atom. The molecule has 174 valence electrons. The molecule has 34 heavy (non-hydrogen) atoms. The number of esters is 4. The van der Waals surface area contributed by atoms with E-state index in [-0.39, 0.29) is 24.3 Å². The lowest BCUT2D eigenvalue weighted by molar-refractivity contribution is 0.0458. The van der Waals surface area contributed by atoms with Gasteiger partial charge in [0.2, 0.25) is 0 Å². The van der Waals surface area contributed by atoms with Crippen LogP contribution in [0.1, 0.15) is 52.6 Å². The third-order valence-corrected chi connectivity index (χ3v) is 4.85. The van der Waals surface area contributed by atoms with E-state index in [0.29, 0.717) is 22.3 Å². The number of hydrogen-bond acceptors (Lipinski definition) is 8. The topological polar surface area (TPSA) is 105 Å². The molecule has 0 heterocycles. The number of hydrogen-bond donors (Lipinski definition) is 0. The van der Waals surface area contributed by atoms with Gasteiger partial charge in [0, 0.05) is 0 Å². The van der Waals surface area contributed by atoms with Gasteiger partial charge in [-0.1, -0.05) is 24.3 Å². The van der Waals surface area contributed by atoms with Crippen molar-refractivity contribution in [2.24, 2.45) is 0 Å². The maximum atomic E-state index is 12.3. The number of rotatable bonds is 8. The first kappa shape index (κ1) is 24.2. The van der Waals surface area contributed by atoms with Crippen LogP contribution in [0.3, 0.4) is 0 Å². The molecule has 8 nitrogen and oxygen atoms in total. The summed E-state index contributed by atoms with van der Waals surface area (Å²) in [6.07, 6.45) is 0. The molecule has 3 rings (SSSR count). The zero-order valence-corrected chi connectivity index (χ0v) is 18.6. The molecule has 8 heteroatoms. The fourth-order valence-corrected chi connectivity index (χ4v) is 2.92. The largest absolute Gasteiger partial charge is 0.465 e. The molecule has 0 unspecified atom stereocenters. The highest BCUT2D eigenvalue weighted by molar-refractivity contribution is 5.93. The molecule has 0 aliphatic heterocycles. The Labute approximate surface area is 196 Å². The van der Waals surface area contributed by atoms with E-state index in [1.165, 1.54) is 38.5 Å². The predicted octanol–water partition coefficient (Wildman–Crippen LogP) is 3.97. The molecule has 0 bridgehead atoms. The van der Waals surface area contributed by atoms with Gasteiger partial charge in [0.15, 0.2) is 0 Å². The van der Waals surface area contributed by atoms with Gasteiger partial charge in [-0.2, -0.15) is 0 Å². The Balaban J connectivity index is 1.50. The van der Waals surface area contributed by atoms with Gasteiger partial charge in [0.1, 0.15) is 13.2 Å². The lowest BCUT2D eigenvalue weighted by atomic mass is 10.1. The maximum absolute atomic E-state index is 12.3. The van der Waals surface area contributed by atoms with Gasteiger partial charge in [0.05, 0.1) is 36.5 Å². The molecule has 0 amide bonds. The van der Waals surface area contributed by atoms with Crippen molar-refractivity contribution in [2.75, 3.05) is 14.2 Å². The Morgan fingerprint density at radius 1 is 0.471 bits per heavy atom. The Morgan fingerprint density at radius 3 is 1.03 bits per heavy atom. The molecule has 0 aliphatic rings. The second kappa shape index (κ2) is 11.4. The van der Waals surface area contributed by atoms with Crippen LogP contribution in [0.5, 0.6) is 0 Å². The molecule has 0 aromatic heterocycles. The van der Waals surface area contributed by atoms with Crippen molar-refractivity contribution in [1.82, 2.24) is 0 Å². The van der Waals surface area contributed by atoms with Gasteiger partial charge in [0.25, 0.3) is 0 Å². The average molecular weight is 462 g/mol. The molecule has 0 atom stereocenters. The van der Waals surface area contributed by atoms with Crippen molar-refractivity contribution in [3.63, 3.8) is 0 Å². The van der Waals surface area contributed by atoms with Gasteiger partial charge < -0.3 is 18.9 Å². The maximum Gasteiger partial charge on any atom is 0.338 e. The fraction of sp³-hybridized carbons (Fsp3) is 0.154. The molecule has 0 fully saturated rings. The minimum absolute atomic E-state index is 0.0266. The van der Waals surface area contributed by atoms with E-state index in [9.17, 15) is 19.2 Å². The summed E-state index contributed by atoms with van der Waals surface area (Å²) in [5, 5.41) is 0. The summed E-state index contributed by atoms with van der Waals surface area (Å²) in [5.41, 5.74) is 2.78. The van der Waals surface area contributed by atoms with Crippen molar-refractivity contribution in [1.29, 1.82) is 0 Å². The van der Waals surface area contributed by atoms with Crippen molar-refractivity contribution in [3.8, 4) is 0 Å². The summed E-state index contributed by atoms with van der Waals surface area (Å²) in [7, 11) is 2.60. The smallest absolute Gasteiger partial charge is 0.338 e. The minimum Gasteiger partial charge on any atom is -0.465 e. The first-order valence-electron chi connectivity index (χ1n) is 10.2. The first-order chi connectivity index (χ1) is 16.4. The van der Waals surface area contributed by atoms with Crippen LogP contribution in [0.4, 0.5) is 0 Å². The van der Waals surface area contributed by atoms with Crippen LogP contribution in [-0.2, 0) is 32.2 Å². The Hall–Kier alpha value is -4.46. The second-order valence-corrected chi connectivity index (χ2v) is 7.11. The van der Waals surface area contributed by atoms with Crippen molar-refractivity contribution >= 4 is 23.9 Å². The molecule has 0 saturated carbocycles. The number of carbonyl (C=O) groups is 4. The molecule has 0 saturated heterocycles. The monoisotopic (exact) mass is 462 g/mol. The van der Waals surface area contributed by atoms with E-state index >= 15 is 0 Å². The van der Waals surface area contributed by atoms with E-state index in [1.54, 1.807) is 48.5 Å². The standard InChI is InChI=1S/C26H22O8/c1-31-23(27)19-7-3-17(4-8-19)15-33-25(29)21-11-13-22(14-12-21)26(30)34-16-18-5-9-20(10-6-18)24(28)32-2/h3-14H,15-16H2,1-2H3. The third kappa shape index (κ3) is 6.29. The highest BCUT2D eigenvalue weighted by atomic mass is 16.5. The summed E-state index contributed by atoms with van der Waals surface area (Å²) in [5.74, 6) is -2.00. The van der Waals surface area contributed by atoms with Crippen LogP contribution in [0.25, 0.3) is 0 Å². The van der Waals surface area contributed by atoms with E-state index in [4.69, 9.17) is 9.47 Å². The SMILES string of the molecule is COC(=O)c1ccc(COC(=O)c2ccc(C(=O)OCc3ccc(C(=O)OC)cc3)cc2)cc1. The van der Waals surface area contributed by atoms with Gasteiger partial charge in [-0.3, -0.25) is 0 Å². The summed E-state index contributed by atoms with van der Waals surface area (Å²) in [6, 6.07) is 18.9. The second-order valence-electron chi connectivity index (χ2n) is 7.11. The lowest BCUT2D eigenvalue weighted by Crippen LogP contribution is -2.08. The number of ether oxygens (including phenoxy) is 4. The number of carbonyl (C=O) groups excluding carboxylic acids is 4. The summed E-state index contributed by atoms with van der Waals surface area (Å²) in [6.45, 7) is 0.0533. The quantitative estimate of drug-likeness (QED) is 0.366. The van der Waals surface area contributed by atoms with Crippen molar-refractivity contribution in [3.05, 3.63) is 106 Å². The molecular formula is C26H22O8.